The van der Waals surface area contributed by atoms with Crippen LogP contribution in [0.5, 0.6) is 0 Å². The molecule has 2 aliphatic heterocycles. The lowest BCUT2D eigenvalue weighted by Gasteiger charge is -2.28. The number of benzene rings is 1. The van der Waals surface area contributed by atoms with Crippen molar-refractivity contribution in [2.24, 2.45) is 0 Å². The zero-order valence-corrected chi connectivity index (χ0v) is 16.1. The number of hydrogen-bond acceptors (Lipinski definition) is 5. The molecule has 0 spiro atoms. The molecule has 0 bridgehead atoms. The first-order valence-corrected chi connectivity index (χ1v) is 11.1. The van der Waals surface area contributed by atoms with E-state index in [-0.39, 0.29) is 5.69 Å². The van der Waals surface area contributed by atoms with E-state index < -0.39 is 27.3 Å². The molecule has 1 aromatic carbocycles. The average molecular weight is 383 g/mol. The van der Waals surface area contributed by atoms with E-state index in [1.165, 1.54) is 25.0 Å². The van der Waals surface area contributed by atoms with Crippen LogP contribution in [0.15, 0.2) is 18.2 Å². The van der Waals surface area contributed by atoms with Gasteiger partial charge >= 0.3 is 0 Å². The Morgan fingerprint density at radius 2 is 2.08 bits per heavy atom. The molecule has 6 nitrogen and oxygen atoms in total. The smallest absolute Gasteiger partial charge is 0.239 e. The predicted octanol–water partition coefficient (Wildman–Crippen LogP) is 1.87. The van der Waals surface area contributed by atoms with Crippen LogP contribution in [0.3, 0.4) is 0 Å². The molecule has 8 heteroatoms. The van der Waals surface area contributed by atoms with Crippen LogP contribution in [-0.2, 0) is 14.6 Å². The maximum atomic E-state index is 14.4. The summed E-state index contributed by atoms with van der Waals surface area (Å²) in [5.74, 6) is -1.94. The second kappa shape index (κ2) is 7.52. The van der Waals surface area contributed by atoms with Gasteiger partial charge in [0, 0.05) is 37.1 Å². The minimum atomic E-state index is -3.44. The first-order valence-electron chi connectivity index (χ1n) is 9.01. The second-order valence-corrected chi connectivity index (χ2v) is 9.54. The molecule has 2 fully saturated rings. The van der Waals surface area contributed by atoms with Gasteiger partial charge in [0.05, 0.1) is 5.69 Å². The topological polar surface area (TPSA) is 69.7 Å². The van der Waals surface area contributed by atoms with Crippen LogP contribution in [0.25, 0.3) is 0 Å². The highest BCUT2D eigenvalue weighted by Gasteiger charge is 2.33. The van der Waals surface area contributed by atoms with E-state index in [4.69, 9.17) is 0 Å². The lowest BCUT2D eigenvalue weighted by molar-refractivity contribution is -0.113. The number of nitrogens with one attached hydrogen (secondary N) is 1. The molecule has 1 aromatic rings. The van der Waals surface area contributed by atoms with Crippen molar-refractivity contribution in [2.45, 2.75) is 38.3 Å². The Morgan fingerprint density at radius 3 is 2.69 bits per heavy atom. The lowest BCUT2D eigenvalue weighted by Crippen LogP contribution is -2.39. The Labute approximate surface area is 154 Å². The summed E-state index contributed by atoms with van der Waals surface area (Å²) >= 11 is 0. The molecular formula is C18H26FN3O3S. The normalized spacial score (nSPS) is 24.2. The molecule has 0 radical (unpaired) electrons. The number of rotatable bonds is 5. The quantitative estimate of drug-likeness (QED) is 0.841. The van der Waals surface area contributed by atoms with Crippen LogP contribution in [0, 0.1) is 5.82 Å². The zero-order chi connectivity index (χ0) is 18.9. The number of sulfone groups is 1. The summed E-state index contributed by atoms with van der Waals surface area (Å²) in [4.78, 5) is 16.4. The highest BCUT2D eigenvalue weighted by Crippen LogP contribution is 2.29. The van der Waals surface area contributed by atoms with Crippen molar-refractivity contribution in [2.75, 3.05) is 41.9 Å². The minimum Gasteiger partial charge on any atom is -0.370 e. The summed E-state index contributed by atoms with van der Waals surface area (Å²) in [5, 5.41) is 2.32. The van der Waals surface area contributed by atoms with E-state index in [1.54, 1.807) is 6.07 Å². The van der Waals surface area contributed by atoms with E-state index in [1.807, 2.05) is 0 Å². The van der Waals surface area contributed by atoms with Crippen LogP contribution >= 0.6 is 0 Å². The molecule has 2 heterocycles. The lowest BCUT2D eigenvalue weighted by atomic mass is 10.2. The highest BCUT2D eigenvalue weighted by atomic mass is 32.2. The Kier molecular flexibility index (Phi) is 5.53. The van der Waals surface area contributed by atoms with Gasteiger partial charge in [0.1, 0.15) is 11.6 Å². The fourth-order valence-electron chi connectivity index (χ4n) is 3.97. The molecule has 2 aliphatic rings. The predicted molar refractivity (Wildman–Crippen MR) is 101 cm³/mol. The van der Waals surface area contributed by atoms with Crippen molar-refractivity contribution in [3.8, 4) is 0 Å². The van der Waals surface area contributed by atoms with Gasteiger partial charge in [-0.3, -0.25) is 9.69 Å². The molecule has 2 unspecified atom stereocenters. The van der Waals surface area contributed by atoms with Crippen LogP contribution in [0.1, 0.15) is 26.2 Å². The third-order valence-electron chi connectivity index (χ3n) is 5.22. The number of carbonyl (C=O) groups excluding carboxylic acids is 1. The van der Waals surface area contributed by atoms with Gasteiger partial charge in [0.2, 0.25) is 5.91 Å². The Morgan fingerprint density at radius 1 is 1.31 bits per heavy atom. The third kappa shape index (κ3) is 4.54. The van der Waals surface area contributed by atoms with Gasteiger partial charge in [-0.05, 0) is 50.9 Å². The molecule has 0 aromatic heterocycles. The summed E-state index contributed by atoms with van der Waals surface area (Å²) in [7, 11) is -3.44. The number of anilines is 2. The van der Waals surface area contributed by atoms with Crippen molar-refractivity contribution in [3.63, 3.8) is 0 Å². The maximum Gasteiger partial charge on any atom is 0.239 e. The SMILES string of the molecule is CC1CCCN1C1CCN(c2ccc(NC(=O)CS(C)(=O)=O)c(F)c2)C1. The largest absolute Gasteiger partial charge is 0.370 e. The van der Waals surface area contributed by atoms with Gasteiger partial charge in [-0.25, -0.2) is 12.8 Å². The standard InChI is InChI=1S/C18H26FN3O3S/c1-13-4-3-8-22(13)15-7-9-21(11-15)14-5-6-17(16(19)10-14)20-18(23)12-26(2,24)25/h5-6,10,13,15H,3-4,7-9,11-12H2,1-2H3,(H,20,23). The second-order valence-electron chi connectivity index (χ2n) is 7.40. The average Bonchev–Trinajstić information content (AvgIpc) is 3.16. The number of carbonyl (C=O) groups is 1. The Hall–Kier alpha value is -1.67. The van der Waals surface area contributed by atoms with Crippen molar-refractivity contribution in [1.82, 2.24) is 4.90 Å². The molecule has 2 atom stereocenters. The maximum absolute atomic E-state index is 14.4. The zero-order valence-electron chi connectivity index (χ0n) is 15.2. The molecule has 2 saturated heterocycles. The first kappa shape index (κ1) is 19.1. The Bertz CT molecular complexity index is 784. The minimum absolute atomic E-state index is 0.00584. The molecule has 3 rings (SSSR count). The van der Waals surface area contributed by atoms with Crippen LogP contribution < -0.4 is 10.2 Å². The van der Waals surface area contributed by atoms with E-state index in [2.05, 4.69) is 22.0 Å². The fraction of sp³-hybridized carbons (Fsp3) is 0.611. The van der Waals surface area contributed by atoms with E-state index >= 15 is 0 Å². The number of hydrogen-bond donors (Lipinski definition) is 1. The van der Waals surface area contributed by atoms with Gasteiger partial charge in [0.25, 0.3) is 0 Å². The summed E-state index contributed by atoms with van der Waals surface area (Å²) in [5.41, 5.74) is 0.796. The van der Waals surface area contributed by atoms with E-state index in [0.29, 0.717) is 12.1 Å². The summed E-state index contributed by atoms with van der Waals surface area (Å²) in [6.07, 6.45) is 4.52. The van der Waals surface area contributed by atoms with Crippen LogP contribution in [-0.4, -0.2) is 63.0 Å². The van der Waals surface area contributed by atoms with Crippen LogP contribution in [0.4, 0.5) is 15.8 Å². The highest BCUT2D eigenvalue weighted by molar-refractivity contribution is 7.91. The monoisotopic (exact) mass is 383 g/mol. The van der Waals surface area contributed by atoms with E-state index in [0.717, 1.165) is 38.0 Å². The molecule has 0 aliphatic carbocycles. The van der Waals surface area contributed by atoms with Gasteiger partial charge in [0.15, 0.2) is 9.84 Å². The van der Waals surface area contributed by atoms with Gasteiger partial charge < -0.3 is 10.2 Å². The number of nitrogens with zero attached hydrogens (tertiary/aromatic N) is 2. The fourth-order valence-corrected chi connectivity index (χ4v) is 4.52. The van der Waals surface area contributed by atoms with Crippen molar-refractivity contribution < 1.29 is 17.6 Å². The van der Waals surface area contributed by atoms with Gasteiger partial charge in [-0.1, -0.05) is 0 Å². The van der Waals surface area contributed by atoms with E-state index in [9.17, 15) is 17.6 Å². The van der Waals surface area contributed by atoms with Crippen LogP contribution in [0.2, 0.25) is 0 Å². The molecule has 1 amide bonds. The Balaban J connectivity index is 1.63. The molecular weight excluding hydrogens is 357 g/mol. The summed E-state index contributed by atoms with van der Waals surface area (Å²) < 4.78 is 36.6. The van der Waals surface area contributed by atoms with Crippen molar-refractivity contribution in [3.05, 3.63) is 24.0 Å². The number of halogens is 1. The first-order chi connectivity index (χ1) is 12.2. The number of likely N-dealkylation sites (tertiary alicyclic amines) is 1. The molecule has 26 heavy (non-hydrogen) atoms. The number of amides is 1. The van der Waals surface area contributed by atoms with Gasteiger partial charge in [-0.2, -0.15) is 0 Å². The summed E-state index contributed by atoms with van der Waals surface area (Å²) in [6, 6.07) is 5.80. The van der Waals surface area contributed by atoms with Crippen molar-refractivity contribution >= 4 is 27.1 Å². The third-order valence-corrected chi connectivity index (χ3v) is 6.01. The molecule has 144 valence electrons. The summed E-state index contributed by atoms with van der Waals surface area (Å²) in [6.45, 7) is 5.17. The molecule has 0 saturated carbocycles. The molecule has 1 N–H and O–H groups in total. The van der Waals surface area contributed by atoms with Crippen molar-refractivity contribution in [1.29, 1.82) is 0 Å². The van der Waals surface area contributed by atoms with Gasteiger partial charge in [-0.15, -0.1) is 0 Å².